The minimum absolute atomic E-state index is 0.560. The van der Waals surface area contributed by atoms with Crippen LogP contribution >= 0.6 is 0 Å². The molecule has 0 bridgehead atoms. The zero-order valence-corrected chi connectivity index (χ0v) is 10.6. The Morgan fingerprint density at radius 2 is 1.78 bits per heavy atom. The average molecular weight is 264 g/mol. The van der Waals surface area contributed by atoms with Crippen LogP contribution in [0.4, 0.5) is 0 Å². The molecular weight excluding hydrogens is 244 g/mol. The molecule has 1 saturated heterocycles. The average Bonchev–Trinajstić information content (AvgIpc) is 2.27. The third kappa shape index (κ3) is 3.18. The highest BCUT2D eigenvalue weighted by molar-refractivity contribution is 5.75. The minimum Gasteiger partial charge on any atom is -0.454 e. The molecule has 0 radical (unpaired) electrons. The van der Waals surface area contributed by atoms with Crippen LogP contribution < -0.4 is 0 Å². The standard InChI is InChI=1S/C11H20O7/c1-11(2,3)10(16)18-8-7(14)6(13)5(4-12)17-9(8)15/h5-9,12-15H,4H2,1-3H3/t5-,6-,7+,8+,9+/m1/s1. The number of carbonyl (C=O) groups excluding carboxylic acids is 1. The second-order valence-electron chi connectivity index (χ2n) is 5.35. The van der Waals surface area contributed by atoms with E-state index in [2.05, 4.69) is 0 Å². The number of aliphatic hydroxyl groups excluding tert-OH is 4. The van der Waals surface area contributed by atoms with Gasteiger partial charge in [0.2, 0.25) is 0 Å². The van der Waals surface area contributed by atoms with Crippen molar-refractivity contribution in [2.75, 3.05) is 6.61 Å². The summed E-state index contributed by atoms with van der Waals surface area (Å²) in [6, 6.07) is 0. The number of rotatable bonds is 2. The Balaban J connectivity index is 2.74. The van der Waals surface area contributed by atoms with Crippen molar-refractivity contribution in [2.45, 2.75) is 51.5 Å². The lowest BCUT2D eigenvalue weighted by Gasteiger charge is -2.40. The summed E-state index contributed by atoms with van der Waals surface area (Å²) in [5, 5.41) is 37.8. The first kappa shape index (κ1) is 15.3. The van der Waals surface area contributed by atoms with Gasteiger partial charge in [0, 0.05) is 0 Å². The second kappa shape index (κ2) is 5.50. The first-order valence-corrected chi connectivity index (χ1v) is 5.70. The molecule has 7 heteroatoms. The van der Waals surface area contributed by atoms with Crippen molar-refractivity contribution in [1.29, 1.82) is 0 Å². The summed E-state index contributed by atoms with van der Waals surface area (Å²) in [7, 11) is 0. The predicted molar refractivity (Wildman–Crippen MR) is 59.3 cm³/mol. The quantitative estimate of drug-likeness (QED) is 0.443. The van der Waals surface area contributed by atoms with Crippen LogP contribution in [-0.4, -0.2) is 63.7 Å². The van der Waals surface area contributed by atoms with Gasteiger partial charge in [0.25, 0.3) is 0 Å². The fraction of sp³-hybridized carbons (Fsp3) is 0.909. The van der Waals surface area contributed by atoms with Crippen LogP contribution in [0, 0.1) is 5.41 Å². The van der Waals surface area contributed by atoms with E-state index in [1.165, 1.54) is 0 Å². The largest absolute Gasteiger partial charge is 0.454 e. The van der Waals surface area contributed by atoms with Crippen molar-refractivity contribution in [3.8, 4) is 0 Å². The third-order valence-electron chi connectivity index (χ3n) is 2.70. The normalized spacial score (nSPS) is 37.4. The van der Waals surface area contributed by atoms with Gasteiger partial charge in [-0.25, -0.2) is 0 Å². The van der Waals surface area contributed by atoms with Crippen molar-refractivity contribution in [2.24, 2.45) is 5.41 Å². The molecule has 0 aromatic carbocycles. The van der Waals surface area contributed by atoms with E-state index in [0.29, 0.717) is 0 Å². The number of esters is 1. The van der Waals surface area contributed by atoms with E-state index >= 15 is 0 Å². The molecule has 18 heavy (non-hydrogen) atoms. The van der Waals surface area contributed by atoms with E-state index in [4.69, 9.17) is 14.6 Å². The number of aliphatic hydroxyl groups is 4. The molecule has 0 saturated carbocycles. The van der Waals surface area contributed by atoms with Crippen LogP contribution in [-0.2, 0) is 14.3 Å². The summed E-state index contributed by atoms with van der Waals surface area (Å²) < 4.78 is 9.80. The van der Waals surface area contributed by atoms with E-state index in [1.54, 1.807) is 20.8 Å². The first-order valence-electron chi connectivity index (χ1n) is 5.70. The fourth-order valence-electron chi connectivity index (χ4n) is 1.50. The molecule has 4 N–H and O–H groups in total. The SMILES string of the molecule is CC(C)(C)C(=O)O[C@H]1[C@@H](O)[C@H](O)[C@@H](CO)O[C@@H]1O. The molecule has 1 rings (SSSR count). The summed E-state index contributed by atoms with van der Waals surface area (Å²) in [5.41, 5.74) is -0.807. The lowest BCUT2D eigenvalue weighted by atomic mass is 9.96. The second-order valence-corrected chi connectivity index (χ2v) is 5.35. The van der Waals surface area contributed by atoms with Crippen molar-refractivity contribution < 1.29 is 34.7 Å². The van der Waals surface area contributed by atoms with Gasteiger partial charge in [-0.15, -0.1) is 0 Å². The number of hydrogen-bond donors (Lipinski definition) is 4. The maximum Gasteiger partial charge on any atom is 0.311 e. The van der Waals surface area contributed by atoms with Crippen molar-refractivity contribution in [3.05, 3.63) is 0 Å². The lowest BCUT2D eigenvalue weighted by Crippen LogP contribution is -2.60. The Morgan fingerprint density at radius 1 is 1.22 bits per heavy atom. The van der Waals surface area contributed by atoms with Crippen LogP contribution in [0.15, 0.2) is 0 Å². The molecule has 0 aliphatic carbocycles. The monoisotopic (exact) mass is 264 g/mol. The van der Waals surface area contributed by atoms with Crippen LogP contribution in [0.25, 0.3) is 0 Å². The molecule has 0 unspecified atom stereocenters. The van der Waals surface area contributed by atoms with E-state index < -0.39 is 48.7 Å². The van der Waals surface area contributed by atoms with E-state index in [-0.39, 0.29) is 0 Å². The molecule has 0 aromatic rings. The van der Waals surface area contributed by atoms with Crippen molar-refractivity contribution >= 4 is 5.97 Å². The van der Waals surface area contributed by atoms with Crippen LogP contribution in [0.5, 0.6) is 0 Å². The van der Waals surface area contributed by atoms with Gasteiger partial charge in [-0.2, -0.15) is 0 Å². The maximum absolute atomic E-state index is 11.7. The molecule has 1 fully saturated rings. The van der Waals surface area contributed by atoms with Gasteiger partial charge in [0.15, 0.2) is 12.4 Å². The van der Waals surface area contributed by atoms with E-state index in [1.807, 2.05) is 0 Å². The van der Waals surface area contributed by atoms with Gasteiger partial charge >= 0.3 is 5.97 Å². The van der Waals surface area contributed by atoms with Gasteiger partial charge in [-0.05, 0) is 20.8 Å². The highest BCUT2D eigenvalue weighted by Gasteiger charge is 2.46. The lowest BCUT2D eigenvalue weighted by molar-refractivity contribution is -0.292. The zero-order valence-electron chi connectivity index (χ0n) is 10.6. The highest BCUT2D eigenvalue weighted by atomic mass is 16.7. The Labute approximate surface area is 105 Å². The Kier molecular flexibility index (Phi) is 4.68. The minimum atomic E-state index is -1.59. The molecule has 1 heterocycles. The Hall–Kier alpha value is -0.730. The Morgan fingerprint density at radius 3 is 2.22 bits per heavy atom. The summed E-state index contributed by atoms with van der Waals surface area (Å²) in [5.74, 6) is -0.635. The number of carbonyl (C=O) groups is 1. The molecule has 7 nitrogen and oxygen atoms in total. The molecule has 106 valence electrons. The van der Waals surface area contributed by atoms with Gasteiger partial charge in [-0.3, -0.25) is 4.79 Å². The number of ether oxygens (including phenoxy) is 2. The summed E-state index contributed by atoms with van der Waals surface area (Å²) >= 11 is 0. The van der Waals surface area contributed by atoms with Gasteiger partial charge < -0.3 is 29.9 Å². The van der Waals surface area contributed by atoms with Crippen molar-refractivity contribution in [3.63, 3.8) is 0 Å². The van der Waals surface area contributed by atoms with Crippen LogP contribution in [0.1, 0.15) is 20.8 Å². The topological polar surface area (TPSA) is 116 Å². The van der Waals surface area contributed by atoms with Crippen LogP contribution in [0.3, 0.4) is 0 Å². The third-order valence-corrected chi connectivity index (χ3v) is 2.70. The molecule has 0 spiro atoms. The summed E-state index contributed by atoms with van der Waals surface area (Å²) in [6.07, 6.45) is -7.03. The maximum atomic E-state index is 11.7. The predicted octanol–water partition coefficient (Wildman–Crippen LogP) is -1.62. The molecule has 0 amide bonds. The molecular formula is C11H20O7. The van der Waals surface area contributed by atoms with Crippen molar-refractivity contribution in [1.82, 2.24) is 0 Å². The molecule has 1 aliphatic rings. The zero-order chi connectivity index (χ0) is 14.1. The fourth-order valence-corrected chi connectivity index (χ4v) is 1.50. The molecule has 1 aliphatic heterocycles. The first-order chi connectivity index (χ1) is 8.18. The van der Waals surface area contributed by atoms with Gasteiger partial charge in [-0.1, -0.05) is 0 Å². The van der Waals surface area contributed by atoms with Gasteiger partial charge in [0.1, 0.15) is 18.3 Å². The smallest absolute Gasteiger partial charge is 0.311 e. The summed E-state index contributed by atoms with van der Waals surface area (Å²) in [4.78, 5) is 11.7. The molecule has 5 atom stereocenters. The molecule has 0 aromatic heterocycles. The summed E-state index contributed by atoms with van der Waals surface area (Å²) in [6.45, 7) is 4.29. The van der Waals surface area contributed by atoms with E-state index in [9.17, 15) is 20.1 Å². The van der Waals surface area contributed by atoms with E-state index in [0.717, 1.165) is 0 Å². The highest BCUT2D eigenvalue weighted by Crippen LogP contribution is 2.25. The van der Waals surface area contributed by atoms with Crippen LogP contribution in [0.2, 0.25) is 0 Å². The van der Waals surface area contributed by atoms with Gasteiger partial charge in [0.05, 0.1) is 12.0 Å². The Bertz CT molecular complexity index is 298. The number of hydrogen-bond acceptors (Lipinski definition) is 7.